The van der Waals surface area contributed by atoms with Gasteiger partial charge in [-0.1, -0.05) is 121 Å². The number of hydrogen-bond acceptors (Lipinski definition) is 7. The summed E-state index contributed by atoms with van der Waals surface area (Å²) in [5, 5.41) is 13.7. The highest BCUT2D eigenvalue weighted by molar-refractivity contribution is 6.02. The molecule has 5 rings (SSSR count). The lowest BCUT2D eigenvalue weighted by atomic mass is 10.0. The van der Waals surface area contributed by atoms with Crippen molar-refractivity contribution in [2.75, 3.05) is 23.7 Å². The summed E-state index contributed by atoms with van der Waals surface area (Å²) in [6.07, 6.45) is 0.0876. The van der Waals surface area contributed by atoms with E-state index in [2.05, 4.69) is 26.6 Å². The summed E-state index contributed by atoms with van der Waals surface area (Å²) >= 11 is 0. The number of nitrogens with one attached hydrogen (secondary N) is 5. The number of anilines is 2. The van der Waals surface area contributed by atoms with Crippen LogP contribution in [0, 0.1) is 0 Å². The van der Waals surface area contributed by atoms with Crippen LogP contribution in [0.4, 0.5) is 21.0 Å². The molecule has 0 aliphatic rings. The Bertz CT molecular complexity index is 2030. The van der Waals surface area contributed by atoms with Crippen molar-refractivity contribution in [1.82, 2.24) is 16.0 Å². The molecular weight excluding hydrogens is 711 g/mol. The van der Waals surface area contributed by atoms with Crippen molar-refractivity contribution >= 4 is 41.3 Å². The molecule has 5 amide bonds. The third-order valence-corrected chi connectivity index (χ3v) is 8.46. The van der Waals surface area contributed by atoms with Gasteiger partial charge in [0.05, 0.1) is 0 Å². The fourth-order valence-corrected chi connectivity index (χ4v) is 5.62. The van der Waals surface area contributed by atoms with Crippen molar-refractivity contribution < 1.29 is 33.4 Å². The molecule has 5 aromatic carbocycles. The highest BCUT2D eigenvalue weighted by Gasteiger charge is 2.23. The molecule has 12 nitrogen and oxygen atoms in total. The largest absolute Gasteiger partial charge is 0.445 e. The van der Waals surface area contributed by atoms with Gasteiger partial charge in [0.15, 0.2) is 0 Å². The second-order valence-corrected chi connectivity index (χ2v) is 12.9. The van der Waals surface area contributed by atoms with Crippen molar-refractivity contribution in [2.24, 2.45) is 0 Å². The van der Waals surface area contributed by atoms with Gasteiger partial charge in [0.25, 0.3) is 5.91 Å². The molecule has 0 spiro atoms. The lowest BCUT2D eigenvalue weighted by Gasteiger charge is -2.19. The quantitative estimate of drug-likeness (QED) is 0.0616. The van der Waals surface area contributed by atoms with Crippen LogP contribution in [0.25, 0.3) is 0 Å². The van der Waals surface area contributed by atoms with Gasteiger partial charge in [0.2, 0.25) is 11.8 Å². The molecule has 5 N–H and O–H groups in total. The minimum absolute atomic E-state index is 0.00213. The monoisotopic (exact) mass is 755 g/mol. The Labute approximate surface area is 326 Å². The number of alkyl carbamates (subject to hydrolysis) is 2. The van der Waals surface area contributed by atoms with Crippen LogP contribution >= 0.6 is 0 Å². The number of hydrogen-bond donors (Lipinski definition) is 5. The predicted octanol–water partition coefficient (Wildman–Crippen LogP) is 6.78. The Morgan fingerprint density at radius 3 is 1.64 bits per heavy atom. The van der Waals surface area contributed by atoms with E-state index < -0.39 is 35.9 Å². The van der Waals surface area contributed by atoms with Gasteiger partial charge in [-0.25, -0.2) is 9.59 Å². The molecule has 0 unspecified atom stereocenters. The third-order valence-electron chi connectivity index (χ3n) is 8.46. The van der Waals surface area contributed by atoms with E-state index in [1.807, 2.05) is 121 Å². The Kier molecular flexibility index (Phi) is 15.6. The summed E-state index contributed by atoms with van der Waals surface area (Å²) in [4.78, 5) is 65.2. The number of amides is 5. The van der Waals surface area contributed by atoms with Crippen molar-refractivity contribution in [3.05, 3.63) is 167 Å². The van der Waals surface area contributed by atoms with Crippen molar-refractivity contribution in [1.29, 1.82) is 0 Å². The molecule has 1 atom stereocenters. The summed E-state index contributed by atoms with van der Waals surface area (Å²) < 4.78 is 10.6. The molecule has 0 bridgehead atoms. The van der Waals surface area contributed by atoms with E-state index in [1.165, 1.54) is 18.2 Å². The molecule has 0 fully saturated rings. The first kappa shape index (κ1) is 40.2. The topological polar surface area (TPSA) is 164 Å². The molecule has 0 aliphatic carbocycles. The van der Waals surface area contributed by atoms with Gasteiger partial charge < -0.3 is 36.1 Å². The highest BCUT2D eigenvalue weighted by Crippen LogP contribution is 2.21. The fraction of sp³-hybridized carbons (Fsp3) is 0.205. The average molecular weight is 756 g/mol. The number of carbonyl (C=O) groups is 5. The van der Waals surface area contributed by atoms with E-state index >= 15 is 0 Å². The van der Waals surface area contributed by atoms with Gasteiger partial charge in [0.1, 0.15) is 19.3 Å². The molecule has 0 aliphatic heterocycles. The summed E-state index contributed by atoms with van der Waals surface area (Å²) in [5.41, 5.74) is 4.20. The van der Waals surface area contributed by atoms with E-state index in [4.69, 9.17) is 9.47 Å². The third kappa shape index (κ3) is 14.1. The summed E-state index contributed by atoms with van der Waals surface area (Å²) in [6.45, 7) is 0.497. The Morgan fingerprint density at radius 1 is 0.536 bits per heavy atom. The molecule has 5 aromatic rings. The van der Waals surface area contributed by atoms with E-state index in [0.717, 1.165) is 28.7 Å². The summed E-state index contributed by atoms with van der Waals surface area (Å²) in [6, 6.07) is 40.9. The molecule has 0 aromatic heterocycles. The SMILES string of the molecule is O=C(CCNC(=O)OCc1ccccc1)Nc1cc(NC(=O)[C@H](Cc2ccccc2)NC(=O)OCc2ccccc2)cc(C(=O)NCCCc2ccccc2)c1. The zero-order valence-corrected chi connectivity index (χ0v) is 30.9. The van der Waals surface area contributed by atoms with Crippen molar-refractivity contribution in [3.63, 3.8) is 0 Å². The molecule has 0 heterocycles. The van der Waals surface area contributed by atoms with E-state index in [1.54, 1.807) is 0 Å². The van der Waals surface area contributed by atoms with Gasteiger partial charge in [0, 0.05) is 42.9 Å². The number of ether oxygens (including phenoxy) is 2. The number of carbonyl (C=O) groups excluding carboxylic acids is 5. The van der Waals surface area contributed by atoms with Gasteiger partial charge in [-0.05, 0) is 53.3 Å². The van der Waals surface area contributed by atoms with E-state index in [-0.39, 0.29) is 49.5 Å². The molecule has 12 heteroatoms. The van der Waals surface area contributed by atoms with Gasteiger partial charge in [-0.3, -0.25) is 14.4 Å². The number of aryl methyl sites for hydroxylation is 1. The fourth-order valence-electron chi connectivity index (χ4n) is 5.62. The maximum absolute atomic E-state index is 13.8. The molecule has 0 saturated carbocycles. The molecule has 0 radical (unpaired) electrons. The predicted molar refractivity (Wildman–Crippen MR) is 214 cm³/mol. The Morgan fingerprint density at radius 2 is 1.05 bits per heavy atom. The van der Waals surface area contributed by atoms with Crippen LogP contribution in [0.15, 0.2) is 140 Å². The van der Waals surface area contributed by atoms with Crippen molar-refractivity contribution in [2.45, 2.75) is 44.9 Å². The lowest BCUT2D eigenvalue weighted by Crippen LogP contribution is -2.45. The molecular formula is C44H45N5O7. The summed E-state index contributed by atoms with van der Waals surface area (Å²) in [5.74, 6) is -1.42. The molecule has 56 heavy (non-hydrogen) atoms. The van der Waals surface area contributed by atoms with Crippen LogP contribution in [0.3, 0.4) is 0 Å². The normalized spacial score (nSPS) is 11.0. The van der Waals surface area contributed by atoms with E-state index in [9.17, 15) is 24.0 Å². The van der Waals surface area contributed by atoms with Gasteiger partial charge >= 0.3 is 12.2 Å². The molecule has 0 saturated heterocycles. The highest BCUT2D eigenvalue weighted by atomic mass is 16.6. The zero-order chi connectivity index (χ0) is 39.4. The molecule has 288 valence electrons. The van der Waals surface area contributed by atoms with Crippen LogP contribution in [-0.2, 0) is 45.1 Å². The van der Waals surface area contributed by atoms with Crippen LogP contribution in [0.1, 0.15) is 45.5 Å². The zero-order valence-electron chi connectivity index (χ0n) is 30.9. The minimum atomic E-state index is -1.05. The average Bonchev–Trinajstić information content (AvgIpc) is 3.22. The van der Waals surface area contributed by atoms with Crippen LogP contribution in [0.2, 0.25) is 0 Å². The first-order valence-electron chi connectivity index (χ1n) is 18.3. The first-order valence-corrected chi connectivity index (χ1v) is 18.3. The van der Waals surface area contributed by atoms with Crippen molar-refractivity contribution in [3.8, 4) is 0 Å². The van der Waals surface area contributed by atoms with E-state index in [0.29, 0.717) is 13.0 Å². The number of rotatable bonds is 18. The van der Waals surface area contributed by atoms with Gasteiger partial charge in [-0.15, -0.1) is 0 Å². The number of benzene rings is 5. The van der Waals surface area contributed by atoms with Crippen LogP contribution in [0.5, 0.6) is 0 Å². The lowest BCUT2D eigenvalue weighted by molar-refractivity contribution is -0.118. The van der Waals surface area contributed by atoms with Crippen LogP contribution < -0.4 is 26.6 Å². The van der Waals surface area contributed by atoms with Crippen LogP contribution in [-0.4, -0.2) is 49.0 Å². The Balaban J connectivity index is 1.25. The first-order chi connectivity index (χ1) is 27.3. The standard InChI is InChI=1S/C44H45N5O7/c50-40(23-25-46-43(53)55-30-34-18-9-3-10-19-34)47-37-27-36(41(51)45-24-13-22-32-14-5-1-6-15-32)28-38(29-37)48-42(52)39(26-33-16-7-2-8-17-33)49-44(54)56-31-35-20-11-4-12-21-35/h1-12,14-21,27-29,39H,13,22-26,30-31H2,(H,45,51)(H,46,53)(H,47,50)(H,48,52)(H,49,54)/t39-/m0/s1. The Hall–Kier alpha value is -6.95. The maximum Gasteiger partial charge on any atom is 0.408 e. The minimum Gasteiger partial charge on any atom is -0.445 e. The second-order valence-electron chi connectivity index (χ2n) is 12.9. The van der Waals surface area contributed by atoms with Gasteiger partial charge in [-0.2, -0.15) is 0 Å². The maximum atomic E-state index is 13.8. The second kappa shape index (κ2) is 21.7. The summed E-state index contributed by atoms with van der Waals surface area (Å²) in [7, 11) is 0. The smallest absolute Gasteiger partial charge is 0.408 e.